The van der Waals surface area contributed by atoms with Gasteiger partial charge in [-0.2, -0.15) is 0 Å². The molecule has 1 amide bonds. The van der Waals surface area contributed by atoms with Crippen LogP contribution in [0.3, 0.4) is 0 Å². The molecule has 0 radical (unpaired) electrons. The number of ether oxygens (including phenoxy) is 1. The Morgan fingerprint density at radius 3 is 2.60 bits per heavy atom. The maximum Gasteiger partial charge on any atom is 0.329 e. The number of nitrogens with zero attached hydrogens (tertiary/aromatic N) is 1. The van der Waals surface area contributed by atoms with Gasteiger partial charge in [-0.15, -0.1) is 0 Å². The number of aromatic nitrogens is 1. The number of rotatable bonds is 4. The summed E-state index contributed by atoms with van der Waals surface area (Å²) in [5.41, 5.74) is 0.315. The first kappa shape index (κ1) is 17.4. The van der Waals surface area contributed by atoms with Crippen LogP contribution in [-0.2, 0) is 9.53 Å². The summed E-state index contributed by atoms with van der Waals surface area (Å²) in [6, 6.07) is 10.5. The number of hydrogen-bond donors (Lipinski definition) is 2. The quantitative estimate of drug-likeness (QED) is 0.875. The number of hydrogen-bond acceptors (Lipinski definition) is 4. The molecule has 2 N–H and O–H groups in total. The van der Waals surface area contributed by atoms with Crippen LogP contribution in [0.1, 0.15) is 23.2 Å². The lowest BCUT2D eigenvalue weighted by Crippen LogP contribution is -2.57. The predicted octanol–water partition coefficient (Wildman–Crippen LogP) is 2.77. The molecule has 0 bridgehead atoms. The summed E-state index contributed by atoms with van der Waals surface area (Å²) in [6.45, 7) is 0.572. The summed E-state index contributed by atoms with van der Waals surface area (Å²) in [5.74, 6) is -1.59. The molecule has 0 spiro atoms. The third kappa shape index (κ3) is 3.65. The Kier molecular flexibility index (Phi) is 5.01. The lowest BCUT2D eigenvalue weighted by Gasteiger charge is -2.34. The maximum absolute atomic E-state index is 12.7. The van der Waals surface area contributed by atoms with Gasteiger partial charge < -0.3 is 15.2 Å². The van der Waals surface area contributed by atoms with E-state index in [2.05, 4.69) is 10.3 Å². The standard InChI is InChI=1S/C18H17ClN2O4/c19-14-5-4-12(15-3-1-2-8-20-15)11-13(14)16(22)21-18(17(23)24)6-9-25-10-7-18/h1-5,8,11H,6-7,9-10H2,(H,21,22)(H,23,24). The van der Waals surface area contributed by atoms with E-state index in [0.717, 1.165) is 5.56 Å². The van der Waals surface area contributed by atoms with Crippen LogP contribution in [0.15, 0.2) is 42.6 Å². The highest BCUT2D eigenvalue weighted by molar-refractivity contribution is 6.34. The Labute approximate surface area is 149 Å². The second-order valence-electron chi connectivity index (χ2n) is 5.86. The number of pyridine rings is 1. The van der Waals surface area contributed by atoms with Crippen molar-refractivity contribution >= 4 is 23.5 Å². The van der Waals surface area contributed by atoms with Crippen LogP contribution in [-0.4, -0.2) is 40.7 Å². The molecule has 130 valence electrons. The highest BCUT2D eigenvalue weighted by atomic mass is 35.5. The molecule has 6 nitrogen and oxygen atoms in total. The minimum atomic E-state index is -1.33. The molecule has 1 aromatic carbocycles. The van der Waals surface area contributed by atoms with E-state index in [1.54, 1.807) is 30.5 Å². The number of halogens is 1. The number of nitrogens with one attached hydrogen (secondary N) is 1. The molecule has 1 aliphatic rings. The number of aliphatic carboxylic acids is 1. The van der Waals surface area contributed by atoms with Crippen LogP contribution < -0.4 is 5.32 Å². The van der Waals surface area contributed by atoms with E-state index in [0.29, 0.717) is 5.69 Å². The van der Waals surface area contributed by atoms with Gasteiger partial charge in [0, 0.05) is 37.8 Å². The SMILES string of the molecule is O=C(NC1(C(=O)O)CCOCC1)c1cc(-c2ccccn2)ccc1Cl. The molecule has 1 aromatic heterocycles. The van der Waals surface area contributed by atoms with Crippen LogP contribution in [0, 0.1) is 0 Å². The van der Waals surface area contributed by atoms with Crippen molar-refractivity contribution < 1.29 is 19.4 Å². The molecule has 7 heteroatoms. The zero-order valence-electron chi connectivity index (χ0n) is 13.4. The third-order valence-corrected chi connectivity index (χ3v) is 4.61. The number of carbonyl (C=O) groups excluding carboxylic acids is 1. The third-order valence-electron chi connectivity index (χ3n) is 4.28. The summed E-state index contributed by atoms with van der Waals surface area (Å²) >= 11 is 6.17. The van der Waals surface area contributed by atoms with E-state index in [9.17, 15) is 14.7 Å². The lowest BCUT2D eigenvalue weighted by molar-refractivity contribution is -0.148. The molecule has 0 aliphatic carbocycles. The molecule has 0 atom stereocenters. The Bertz CT molecular complexity index is 789. The Morgan fingerprint density at radius 2 is 1.96 bits per heavy atom. The predicted molar refractivity (Wildman–Crippen MR) is 92.6 cm³/mol. The highest BCUT2D eigenvalue weighted by Crippen LogP contribution is 2.26. The van der Waals surface area contributed by atoms with Gasteiger partial charge in [-0.05, 0) is 24.3 Å². The topological polar surface area (TPSA) is 88.5 Å². The summed E-state index contributed by atoms with van der Waals surface area (Å²) in [5, 5.41) is 12.5. The lowest BCUT2D eigenvalue weighted by atomic mass is 9.89. The van der Waals surface area contributed by atoms with E-state index in [-0.39, 0.29) is 36.6 Å². The number of carboxylic acid groups (broad SMARTS) is 1. The minimum absolute atomic E-state index is 0.214. The monoisotopic (exact) mass is 360 g/mol. The molecule has 1 fully saturated rings. The molecular formula is C18H17ClN2O4. The van der Waals surface area contributed by atoms with Crippen molar-refractivity contribution in [3.63, 3.8) is 0 Å². The van der Waals surface area contributed by atoms with Gasteiger partial charge >= 0.3 is 5.97 Å². The molecular weight excluding hydrogens is 344 g/mol. The number of carboxylic acids is 1. The highest BCUT2D eigenvalue weighted by Gasteiger charge is 2.42. The van der Waals surface area contributed by atoms with Crippen LogP contribution in [0.2, 0.25) is 5.02 Å². The first-order valence-electron chi connectivity index (χ1n) is 7.86. The number of carbonyl (C=O) groups is 2. The van der Waals surface area contributed by atoms with Crippen molar-refractivity contribution in [3.8, 4) is 11.3 Å². The fourth-order valence-electron chi connectivity index (χ4n) is 2.79. The van der Waals surface area contributed by atoms with Crippen molar-refractivity contribution in [2.24, 2.45) is 0 Å². The van der Waals surface area contributed by atoms with Gasteiger partial charge in [-0.25, -0.2) is 4.79 Å². The van der Waals surface area contributed by atoms with Crippen LogP contribution in [0.5, 0.6) is 0 Å². The summed E-state index contributed by atoms with van der Waals surface area (Å²) in [7, 11) is 0. The Morgan fingerprint density at radius 1 is 1.20 bits per heavy atom. The maximum atomic E-state index is 12.7. The molecule has 0 saturated carbocycles. The molecule has 1 aliphatic heterocycles. The molecule has 2 aromatic rings. The van der Waals surface area contributed by atoms with E-state index in [4.69, 9.17) is 16.3 Å². The van der Waals surface area contributed by atoms with Crippen molar-refractivity contribution in [3.05, 3.63) is 53.2 Å². The molecule has 0 unspecified atom stereocenters. The number of benzene rings is 1. The van der Waals surface area contributed by atoms with Gasteiger partial charge in [0.1, 0.15) is 5.54 Å². The van der Waals surface area contributed by atoms with Gasteiger partial charge in [0.15, 0.2) is 0 Å². The van der Waals surface area contributed by atoms with Gasteiger partial charge in [0.2, 0.25) is 0 Å². The zero-order valence-corrected chi connectivity index (χ0v) is 14.1. The van der Waals surface area contributed by atoms with Crippen molar-refractivity contribution in [1.82, 2.24) is 10.3 Å². The van der Waals surface area contributed by atoms with Crippen molar-refractivity contribution in [1.29, 1.82) is 0 Å². The summed E-state index contributed by atoms with van der Waals surface area (Å²) < 4.78 is 5.21. The normalized spacial score (nSPS) is 16.2. The van der Waals surface area contributed by atoms with E-state index < -0.39 is 17.4 Å². The van der Waals surface area contributed by atoms with Crippen LogP contribution in [0.25, 0.3) is 11.3 Å². The second-order valence-corrected chi connectivity index (χ2v) is 6.27. The number of amides is 1. The van der Waals surface area contributed by atoms with Crippen molar-refractivity contribution in [2.75, 3.05) is 13.2 Å². The fraction of sp³-hybridized carbons (Fsp3) is 0.278. The van der Waals surface area contributed by atoms with E-state index >= 15 is 0 Å². The fourth-order valence-corrected chi connectivity index (χ4v) is 2.99. The van der Waals surface area contributed by atoms with Gasteiger partial charge in [-0.1, -0.05) is 23.7 Å². The smallest absolute Gasteiger partial charge is 0.329 e. The second kappa shape index (κ2) is 7.21. The first-order valence-corrected chi connectivity index (χ1v) is 8.24. The van der Waals surface area contributed by atoms with E-state index in [1.165, 1.54) is 0 Å². The molecule has 2 heterocycles. The van der Waals surface area contributed by atoms with Gasteiger partial charge in [0.25, 0.3) is 5.91 Å². The molecule has 1 saturated heterocycles. The summed E-state index contributed by atoms with van der Waals surface area (Å²) in [4.78, 5) is 28.7. The van der Waals surface area contributed by atoms with Crippen LogP contribution >= 0.6 is 11.6 Å². The largest absolute Gasteiger partial charge is 0.480 e. The zero-order chi connectivity index (χ0) is 17.9. The Hall–Kier alpha value is -2.44. The molecule has 25 heavy (non-hydrogen) atoms. The minimum Gasteiger partial charge on any atom is -0.480 e. The van der Waals surface area contributed by atoms with Crippen molar-refractivity contribution in [2.45, 2.75) is 18.4 Å². The average Bonchev–Trinajstić information content (AvgIpc) is 2.63. The van der Waals surface area contributed by atoms with Gasteiger partial charge in [-0.3, -0.25) is 9.78 Å². The Balaban J connectivity index is 1.90. The molecule has 3 rings (SSSR count). The summed E-state index contributed by atoms with van der Waals surface area (Å²) in [6.07, 6.45) is 2.09. The van der Waals surface area contributed by atoms with Crippen LogP contribution in [0.4, 0.5) is 0 Å². The van der Waals surface area contributed by atoms with Gasteiger partial charge in [0.05, 0.1) is 16.3 Å². The van der Waals surface area contributed by atoms with E-state index in [1.807, 2.05) is 12.1 Å². The average molecular weight is 361 g/mol. The first-order chi connectivity index (χ1) is 12.0.